The molecule has 6 heteroatoms. The van der Waals surface area contributed by atoms with Crippen molar-refractivity contribution in [1.82, 2.24) is 5.32 Å². The van der Waals surface area contributed by atoms with E-state index in [2.05, 4.69) is 5.32 Å². The molecule has 0 spiro atoms. The van der Waals surface area contributed by atoms with E-state index in [1.807, 2.05) is 13.0 Å². The molecule has 1 amide bonds. The highest BCUT2D eigenvalue weighted by atomic mass is 32.2. The summed E-state index contributed by atoms with van der Waals surface area (Å²) in [5.41, 5.74) is 2.07. The molecule has 1 aromatic rings. The Kier molecular flexibility index (Phi) is 6.79. The molecule has 2 aliphatic rings. The summed E-state index contributed by atoms with van der Waals surface area (Å²) in [6.07, 6.45) is 10.5. The minimum atomic E-state index is -3.27. The van der Waals surface area contributed by atoms with Crippen molar-refractivity contribution in [3.05, 3.63) is 29.3 Å². The molecule has 3 rings (SSSR count). The van der Waals surface area contributed by atoms with E-state index in [0.717, 1.165) is 24.3 Å². The second-order valence-corrected chi connectivity index (χ2v) is 10.0. The Balaban J connectivity index is 1.63. The van der Waals surface area contributed by atoms with Gasteiger partial charge in [-0.3, -0.25) is 9.10 Å². The molecule has 1 saturated heterocycles. The number of hydrogen-bond acceptors (Lipinski definition) is 3. The standard InChI is InChI=1S/C21H32N2O3S/c1-17-10-11-19(16-20(17)23-14-6-7-15-27(23,25)26)21(24)22-13-12-18-8-4-2-3-5-9-18/h10-11,16,18H,2-9,12-15H2,1H3,(H,22,24). The fourth-order valence-electron chi connectivity index (χ4n) is 4.22. The maximum Gasteiger partial charge on any atom is 0.251 e. The lowest BCUT2D eigenvalue weighted by Crippen LogP contribution is -2.38. The fraction of sp³-hybridized carbons (Fsp3) is 0.667. The fourth-order valence-corrected chi connectivity index (χ4v) is 5.92. The lowest BCUT2D eigenvalue weighted by Gasteiger charge is -2.29. The molecule has 150 valence electrons. The molecular weight excluding hydrogens is 360 g/mol. The van der Waals surface area contributed by atoms with Crippen LogP contribution in [0.2, 0.25) is 0 Å². The number of sulfonamides is 1. The van der Waals surface area contributed by atoms with E-state index >= 15 is 0 Å². The number of carbonyl (C=O) groups is 1. The Bertz CT molecular complexity index is 753. The zero-order chi connectivity index (χ0) is 19.3. The molecule has 5 nitrogen and oxygen atoms in total. The molecule has 2 fully saturated rings. The number of rotatable bonds is 5. The van der Waals surface area contributed by atoms with E-state index in [0.29, 0.717) is 30.8 Å². The van der Waals surface area contributed by atoms with Crippen molar-refractivity contribution in [2.45, 2.75) is 64.7 Å². The molecule has 1 aliphatic carbocycles. The predicted molar refractivity (Wildman–Crippen MR) is 110 cm³/mol. The van der Waals surface area contributed by atoms with Gasteiger partial charge in [-0.1, -0.05) is 44.6 Å². The highest BCUT2D eigenvalue weighted by Crippen LogP contribution is 2.28. The van der Waals surface area contributed by atoms with Gasteiger partial charge < -0.3 is 5.32 Å². The van der Waals surface area contributed by atoms with E-state index in [-0.39, 0.29) is 11.7 Å². The number of nitrogens with one attached hydrogen (secondary N) is 1. The lowest BCUT2D eigenvalue weighted by molar-refractivity contribution is 0.0951. The van der Waals surface area contributed by atoms with Crippen LogP contribution in [-0.2, 0) is 10.0 Å². The molecule has 0 radical (unpaired) electrons. The summed E-state index contributed by atoms with van der Waals surface area (Å²) in [6, 6.07) is 5.37. The summed E-state index contributed by atoms with van der Waals surface area (Å²) in [7, 11) is -3.27. The summed E-state index contributed by atoms with van der Waals surface area (Å²) in [5.74, 6) is 0.795. The first-order valence-corrected chi connectivity index (χ1v) is 12.0. The van der Waals surface area contributed by atoms with Crippen LogP contribution in [0.3, 0.4) is 0 Å². The monoisotopic (exact) mass is 392 g/mol. The Morgan fingerprint density at radius 2 is 1.85 bits per heavy atom. The molecule has 1 saturated carbocycles. The summed E-state index contributed by atoms with van der Waals surface area (Å²) in [4.78, 5) is 12.6. The lowest BCUT2D eigenvalue weighted by atomic mass is 9.97. The highest BCUT2D eigenvalue weighted by Gasteiger charge is 2.27. The molecule has 1 N–H and O–H groups in total. The predicted octanol–water partition coefficient (Wildman–Crippen LogP) is 4.02. The number of nitrogens with zero attached hydrogens (tertiary/aromatic N) is 1. The van der Waals surface area contributed by atoms with E-state index in [1.54, 1.807) is 12.1 Å². The third-order valence-electron chi connectivity index (χ3n) is 5.90. The first kappa shape index (κ1) is 20.2. The van der Waals surface area contributed by atoms with E-state index < -0.39 is 10.0 Å². The van der Waals surface area contributed by atoms with Gasteiger partial charge in [0, 0.05) is 18.7 Å². The average Bonchev–Trinajstić information content (AvgIpc) is 2.91. The zero-order valence-corrected chi connectivity index (χ0v) is 17.2. The van der Waals surface area contributed by atoms with Gasteiger partial charge in [-0.25, -0.2) is 8.42 Å². The van der Waals surface area contributed by atoms with Crippen molar-refractivity contribution in [1.29, 1.82) is 0 Å². The molecule has 0 atom stereocenters. The third-order valence-corrected chi connectivity index (χ3v) is 7.76. The Labute approximate surface area is 163 Å². The average molecular weight is 393 g/mol. The number of carbonyl (C=O) groups excluding carboxylic acids is 1. The minimum Gasteiger partial charge on any atom is -0.352 e. The van der Waals surface area contributed by atoms with Gasteiger partial charge in [0.25, 0.3) is 5.91 Å². The molecule has 1 aromatic carbocycles. The molecule has 0 aromatic heterocycles. The van der Waals surface area contributed by atoms with Gasteiger partial charge in [0.05, 0.1) is 11.4 Å². The third kappa shape index (κ3) is 5.24. The van der Waals surface area contributed by atoms with Crippen LogP contribution in [0.5, 0.6) is 0 Å². The van der Waals surface area contributed by atoms with Gasteiger partial charge >= 0.3 is 0 Å². The number of benzene rings is 1. The van der Waals surface area contributed by atoms with Crippen LogP contribution >= 0.6 is 0 Å². The SMILES string of the molecule is Cc1ccc(C(=O)NCCC2CCCCCC2)cc1N1CCCCS1(=O)=O. The van der Waals surface area contributed by atoms with Crippen LogP contribution in [0.4, 0.5) is 5.69 Å². The van der Waals surface area contributed by atoms with Crippen LogP contribution in [-0.4, -0.2) is 33.2 Å². The van der Waals surface area contributed by atoms with E-state index in [9.17, 15) is 13.2 Å². The van der Waals surface area contributed by atoms with Gasteiger partial charge in [-0.15, -0.1) is 0 Å². The maximum atomic E-state index is 12.6. The normalized spacial score (nSPS) is 20.9. The molecule has 0 unspecified atom stereocenters. The van der Waals surface area contributed by atoms with Gasteiger partial charge in [0.2, 0.25) is 10.0 Å². The zero-order valence-electron chi connectivity index (χ0n) is 16.4. The quantitative estimate of drug-likeness (QED) is 0.770. The van der Waals surface area contributed by atoms with Gasteiger partial charge in [0.1, 0.15) is 0 Å². The Morgan fingerprint density at radius 3 is 2.56 bits per heavy atom. The highest BCUT2D eigenvalue weighted by molar-refractivity contribution is 7.92. The first-order chi connectivity index (χ1) is 13.0. The first-order valence-electron chi connectivity index (χ1n) is 10.4. The Hall–Kier alpha value is -1.56. The number of anilines is 1. The molecule has 1 heterocycles. The summed E-state index contributed by atoms with van der Waals surface area (Å²) in [6.45, 7) is 3.08. The summed E-state index contributed by atoms with van der Waals surface area (Å²) in [5, 5.41) is 3.03. The van der Waals surface area contributed by atoms with Gasteiger partial charge in [-0.2, -0.15) is 0 Å². The second-order valence-electron chi connectivity index (χ2n) is 8.00. The van der Waals surface area contributed by atoms with Crippen LogP contribution < -0.4 is 9.62 Å². The molecular formula is C21H32N2O3S. The number of hydrogen-bond donors (Lipinski definition) is 1. The molecule has 0 bridgehead atoms. The van der Waals surface area contributed by atoms with Crippen molar-refractivity contribution in [3.63, 3.8) is 0 Å². The summed E-state index contributed by atoms with van der Waals surface area (Å²) >= 11 is 0. The van der Waals surface area contributed by atoms with Crippen molar-refractivity contribution >= 4 is 21.6 Å². The topological polar surface area (TPSA) is 66.5 Å². The van der Waals surface area contributed by atoms with Crippen molar-refractivity contribution in [2.75, 3.05) is 23.1 Å². The number of aryl methyl sites for hydroxylation is 1. The van der Waals surface area contributed by atoms with Crippen molar-refractivity contribution in [2.24, 2.45) is 5.92 Å². The smallest absolute Gasteiger partial charge is 0.251 e. The van der Waals surface area contributed by atoms with Gasteiger partial charge in [0.15, 0.2) is 0 Å². The minimum absolute atomic E-state index is 0.112. The largest absolute Gasteiger partial charge is 0.352 e. The van der Waals surface area contributed by atoms with Crippen LogP contribution in [0.15, 0.2) is 18.2 Å². The maximum absolute atomic E-state index is 12.6. The molecule has 1 aliphatic heterocycles. The molecule has 27 heavy (non-hydrogen) atoms. The van der Waals surface area contributed by atoms with Crippen LogP contribution in [0.1, 0.15) is 73.7 Å². The van der Waals surface area contributed by atoms with E-state index in [1.165, 1.54) is 42.8 Å². The van der Waals surface area contributed by atoms with Crippen molar-refractivity contribution < 1.29 is 13.2 Å². The van der Waals surface area contributed by atoms with Gasteiger partial charge in [-0.05, 0) is 49.8 Å². The second kappa shape index (κ2) is 9.09. The van der Waals surface area contributed by atoms with Crippen molar-refractivity contribution in [3.8, 4) is 0 Å². The summed E-state index contributed by atoms with van der Waals surface area (Å²) < 4.78 is 26.3. The van der Waals surface area contributed by atoms with Crippen LogP contribution in [0.25, 0.3) is 0 Å². The van der Waals surface area contributed by atoms with E-state index in [4.69, 9.17) is 0 Å². The number of amides is 1. The Morgan fingerprint density at radius 1 is 1.11 bits per heavy atom. The van der Waals surface area contributed by atoms with Crippen LogP contribution in [0, 0.1) is 12.8 Å².